The average Bonchev–Trinajstić information content (AvgIpc) is 2.74. The van der Waals surface area contributed by atoms with E-state index in [1.165, 1.54) is 0 Å². The molecule has 0 fully saturated rings. The normalized spacial score (nSPS) is 10.5. The van der Waals surface area contributed by atoms with Crippen molar-refractivity contribution >= 4 is 31.2 Å². The van der Waals surface area contributed by atoms with Gasteiger partial charge in [-0.3, -0.25) is 4.79 Å². The summed E-state index contributed by atoms with van der Waals surface area (Å²) in [4.78, 5) is 16.6. The third-order valence-electron chi connectivity index (χ3n) is 4.58. The highest BCUT2D eigenvalue weighted by Gasteiger charge is 2.20. The van der Waals surface area contributed by atoms with Gasteiger partial charge < -0.3 is 14.4 Å². The number of nitrogens with zero attached hydrogens (tertiary/aromatic N) is 1. The second-order valence-corrected chi connectivity index (χ2v) is 7.49. The molecule has 0 saturated carbocycles. The predicted molar refractivity (Wildman–Crippen MR) is 121 cm³/mol. The Labute approximate surface area is 182 Å². The summed E-state index contributed by atoms with van der Waals surface area (Å²) in [7, 11) is 3.25. The van der Waals surface area contributed by atoms with Crippen molar-refractivity contribution in [1.29, 1.82) is 0 Å². The Kier molecular flexibility index (Phi) is 7.12. The molecule has 6 heteroatoms. The smallest absolute Gasteiger partial charge is 0.255 e. The maximum absolute atomic E-state index is 13.4. The van der Waals surface area contributed by atoms with Gasteiger partial charge in [0.25, 0.3) is 5.91 Å². The van der Waals surface area contributed by atoms with Crippen LogP contribution < -0.4 is 9.47 Å². The van der Waals surface area contributed by atoms with Crippen LogP contribution in [0.2, 0.25) is 0 Å². The molecule has 0 heterocycles. The van der Waals surface area contributed by atoms with Crippen LogP contribution in [-0.4, -0.2) is 25.0 Å². The predicted octanol–water partition coefficient (Wildman–Crippen LogP) is 5.12. The average molecular weight is 426 g/mol. The van der Waals surface area contributed by atoms with Gasteiger partial charge in [-0.15, -0.1) is 25.3 Å². The molecule has 0 aliphatic carbocycles. The largest absolute Gasteiger partial charge is 0.497 e. The SMILES string of the molecule is COc1cccc(CN(Cc2cc(OC)ccc2S)C(=O)c2ccccc2S)c1. The maximum atomic E-state index is 13.4. The van der Waals surface area contributed by atoms with Gasteiger partial charge in [-0.1, -0.05) is 24.3 Å². The van der Waals surface area contributed by atoms with Gasteiger partial charge in [0.2, 0.25) is 0 Å². The molecule has 4 nitrogen and oxygen atoms in total. The van der Waals surface area contributed by atoms with Gasteiger partial charge in [-0.25, -0.2) is 0 Å². The molecule has 0 N–H and O–H groups in total. The second-order valence-electron chi connectivity index (χ2n) is 6.52. The van der Waals surface area contributed by atoms with Gasteiger partial charge in [0.05, 0.1) is 19.8 Å². The fourth-order valence-corrected chi connectivity index (χ4v) is 3.50. The molecule has 0 spiro atoms. The van der Waals surface area contributed by atoms with E-state index in [9.17, 15) is 4.79 Å². The fourth-order valence-electron chi connectivity index (χ4n) is 3.04. The number of hydrogen-bond donors (Lipinski definition) is 2. The lowest BCUT2D eigenvalue weighted by Crippen LogP contribution is -2.30. The highest BCUT2D eigenvalue weighted by molar-refractivity contribution is 7.80. The van der Waals surface area contributed by atoms with Gasteiger partial charge in [0, 0.05) is 22.9 Å². The molecule has 0 aliphatic rings. The monoisotopic (exact) mass is 425 g/mol. The van der Waals surface area contributed by atoms with Crippen LogP contribution in [0, 0.1) is 0 Å². The van der Waals surface area contributed by atoms with Crippen LogP contribution in [-0.2, 0) is 13.1 Å². The lowest BCUT2D eigenvalue weighted by molar-refractivity contribution is 0.0725. The van der Waals surface area contributed by atoms with E-state index in [0.29, 0.717) is 23.5 Å². The third kappa shape index (κ3) is 5.28. The summed E-state index contributed by atoms with van der Waals surface area (Å²) < 4.78 is 10.7. The summed E-state index contributed by atoms with van der Waals surface area (Å²) in [6.07, 6.45) is 0. The summed E-state index contributed by atoms with van der Waals surface area (Å²) in [6, 6.07) is 20.6. The van der Waals surface area contributed by atoms with Gasteiger partial charge in [0.15, 0.2) is 0 Å². The first-order valence-electron chi connectivity index (χ1n) is 9.08. The molecule has 0 saturated heterocycles. The molecule has 0 unspecified atom stereocenters. The van der Waals surface area contributed by atoms with E-state index in [2.05, 4.69) is 25.3 Å². The lowest BCUT2D eigenvalue weighted by Gasteiger charge is -2.25. The summed E-state index contributed by atoms with van der Waals surface area (Å²) in [5, 5.41) is 0. The van der Waals surface area contributed by atoms with E-state index in [-0.39, 0.29) is 5.91 Å². The number of benzene rings is 3. The minimum atomic E-state index is -0.103. The van der Waals surface area contributed by atoms with Crippen molar-refractivity contribution in [1.82, 2.24) is 4.90 Å². The van der Waals surface area contributed by atoms with Crippen molar-refractivity contribution < 1.29 is 14.3 Å². The van der Waals surface area contributed by atoms with Crippen molar-refractivity contribution in [2.24, 2.45) is 0 Å². The molecule has 0 radical (unpaired) electrons. The molecule has 3 aromatic rings. The molecule has 150 valence electrons. The molecular weight excluding hydrogens is 402 g/mol. The highest BCUT2D eigenvalue weighted by atomic mass is 32.1. The standard InChI is InChI=1S/C23H23NO3S2/c1-26-18-7-5-6-16(12-18)14-24(23(25)20-8-3-4-9-22(20)29)15-17-13-19(27-2)10-11-21(17)28/h3-13,28-29H,14-15H2,1-2H3. The van der Waals surface area contributed by atoms with Crippen molar-refractivity contribution in [3.8, 4) is 11.5 Å². The van der Waals surface area contributed by atoms with E-state index in [1.54, 1.807) is 25.2 Å². The molecule has 0 aliphatic heterocycles. The summed E-state index contributed by atoms with van der Waals surface area (Å²) in [6.45, 7) is 0.802. The summed E-state index contributed by atoms with van der Waals surface area (Å²) >= 11 is 9.03. The van der Waals surface area contributed by atoms with E-state index in [1.807, 2.05) is 60.7 Å². The first kappa shape index (κ1) is 21.1. The van der Waals surface area contributed by atoms with E-state index >= 15 is 0 Å². The van der Waals surface area contributed by atoms with Crippen molar-refractivity contribution in [2.75, 3.05) is 14.2 Å². The number of carbonyl (C=O) groups is 1. The zero-order valence-corrected chi connectivity index (χ0v) is 18.1. The number of methoxy groups -OCH3 is 2. The van der Waals surface area contributed by atoms with Gasteiger partial charge in [-0.05, 0) is 53.6 Å². The summed E-state index contributed by atoms with van der Waals surface area (Å²) in [5.74, 6) is 1.37. The minimum Gasteiger partial charge on any atom is -0.497 e. The Morgan fingerprint density at radius 1 is 0.828 bits per heavy atom. The fraction of sp³-hybridized carbons (Fsp3) is 0.174. The Morgan fingerprint density at radius 2 is 1.55 bits per heavy atom. The first-order chi connectivity index (χ1) is 14.0. The Hall–Kier alpha value is -2.57. The van der Waals surface area contributed by atoms with Crippen LogP contribution in [0.1, 0.15) is 21.5 Å². The Bertz CT molecular complexity index is 1010. The molecule has 0 bridgehead atoms. The van der Waals surface area contributed by atoms with E-state index < -0.39 is 0 Å². The van der Waals surface area contributed by atoms with E-state index in [4.69, 9.17) is 9.47 Å². The van der Waals surface area contributed by atoms with Gasteiger partial charge in [0.1, 0.15) is 11.5 Å². The Morgan fingerprint density at radius 3 is 2.28 bits per heavy atom. The number of thiol groups is 2. The molecule has 29 heavy (non-hydrogen) atoms. The molecule has 0 atom stereocenters. The van der Waals surface area contributed by atoms with E-state index in [0.717, 1.165) is 27.5 Å². The van der Waals surface area contributed by atoms with Crippen LogP contribution >= 0.6 is 25.3 Å². The van der Waals surface area contributed by atoms with Crippen LogP contribution in [0.15, 0.2) is 76.5 Å². The van der Waals surface area contributed by atoms with Crippen molar-refractivity contribution in [2.45, 2.75) is 22.9 Å². The number of rotatable bonds is 7. The molecule has 1 amide bonds. The molecule has 0 aromatic heterocycles. The van der Waals surface area contributed by atoms with Crippen LogP contribution in [0.3, 0.4) is 0 Å². The zero-order valence-electron chi connectivity index (χ0n) is 16.3. The second kappa shape index (κ2) is 9.76. The molecule has 3 rings (SSSR count). The highest BCUT2D eigenvalue weighted by Crippen LogP contribution is 2.25. The number of hydrogen-bond acceptors (Lipinski definition) is 5. The quantitative estimate of drug-likeness (QED) is 0.516. The maximum Gasteiger partial charge on any atom is 0.255 e. The topological polar surface area (TPSA) is 38.8 Å². The third-order valence-corrected chi connectivity index (χ3v) is 5.40. The Balaban J connectivity index is 1.96. The van der Waals surface area contributed by atoms with Crippen LogP contribution in [0.25, 0.3) is 0 Å². The number of ether oxygens (including phenoxy) is 2. The lowest BCUT2D eigenvalue weighted by atomic mass is 10.1. The summed E-state index contributed by atoms with van der Waals surface area (Å²) in [5.41, 5.74) is 2.43. The molecular formula is C23H23NO3S2. The van der Waals surface area contributed by atoms with Crippen molar-refractivity contribution in [3.63, 3.8) is 0 Å². The number of carbonyl (C=O) groups excluding carboxylic acids is 1. The molecule has 3 aromatic carbocycles. The van der Waals surface area contributed by atoms with Gasteiger partial charge in [-0.2, -0.15) is 0 Å². The number of amides is 1. The first-order valence-corrected chi connectivity index (χ1v) is 9.97. The van der Waals surface area contributed by atoms with Crippen LogP contribution in [0.5, 0.6) is 11.5 Å². The minimum absolute atomic E-state index is 0.103. The van der Waals surface area contributed by atoms with Crippen molar-refractivity contribution in [3.05, 3.63) is 83.4 Å². The van der Waals surface area contributed by atoms with Gasteiger partial charge >= 0.3 is 0 Å². The van der Waals surface area contributed by atoms with Crippen LogP contribution in [0.4, 0.5) is 0 Å². The zero-order chi connectivity index (χ0) is 20.8.